The zero-order valence-electron chi connectivity index (χ0n) is 12.4. The number of anilines is 1. The molecule has 0 amide bonds. The molecule has 1 aromatic heterocycles. The van der Waals surface area contributed by atoms with Gasteiger partial charge < -0.3 is 14.6 Å². The summed E-state index contributed by atoms with van der Waals surface area (Å²) in [5.41, 5.74) is 3.65. The van der Waals surface area contributed by atoms with Crippen LogP contribution in [0.25, 0.3) is 0 Å². The Morgan fingerprint density at radius 3 is 2.76 bits per heavy atom. The average Bonchev–Trinajstić information content (AvgIpc) is 2.75. The summed E-state index contributed by atoms with van der Waals surface area (Å²) in [5, 5.41) is 13.0. The third kappa shape index (κ3) is 3.32. The quantitative estimate of drug-likeness (QED) is 0.912. The number of ether oxygens (including phenoxy) is 1. The fraction of sp³-hybridized carbons (Fsp3) is 0.312. The largest absolute Gasteiger partial charge is 0.492 e. The Kier molecular flexibility index (Phi) is 4.77. The summed E-state index contributed by atoms with van der Waals surface area (Å²) in [6, 6.07) is 9.58. The molecule has 0 saturated carbocycles. The summed E-state index contributed by atoms with van der Waals surface area (Å²) in [6.07, 6.45) is 0. The molecule has 1 aromatic carbocycles. The van der Waals surface area contributed by atoms with Gasteiger partial charge in [0.2, 0.25) is 0 Å². The van der Waals surface area contributed by atoms with Gasteiger partial charge in [0.05, 0.1) is 12.3 Å². The molecular weight excluding hydrogens is 286 g/mol. The zero-order chi connectivity index (χ0) is 15.4. The molecule has 0 radical (unpaired) electrons. The van der Waals surface area contributed by atoms with Crippen LogP contribution >= 0.6 is 11.6 Å². The molecule has 0 aliphatic heterocycles. The fourth-order valence-corrected chi connectivity index (χ4v) is 2.33. The topological polar surface area (TPSA) is 50.0 Å². The van der Waals surface area contributed by atoms with E-state index >= 15 is 0 Å². The first-order valence-corrected chi connectivity index (χ1v) is 7.16. The number of aromatic nitrogens is 1. The van der Waals surface area contributed by atoms with E-state index in [2.05, 4.69) is 11.4 Å². The third-order valence-corrected chi connectivity index (χ3v) is 3.70. The lowest BCUT2D eigenvalue weighted by molar-refractivity contribution is 0.341. The minimum Gasteiger partial charge on any atom is -0.492 e. The summed E-state index contributed by atoms with van der Waals surface area (Å²) < 4.78 is 7.47. The highest BCUT2D eigenvalue weighted by atomic mass is 35.5. The molecule has 5 heteroatoms. The molecule has 21 heavy (non-hydrogen) atoms. The second kappa shape index (κ2) is 6.55. The van der Waals surface area contributed by atoms with Crippen molar-refractivity contribution in [3.8, 4) is 11.8 Å². The zero-order valence-corrected chi connectivity index (χ0v) is 13.2. The van der Waals surface area contributed by atoms with Crippen LogP contribution in [0.4, 0.5) is 5.69 Å². The molecule has 0 spiro atoms. The second-order valence-electron chi connectivity index (χ2n) is 4.74. The Labute approximate surface area is 129 Å². The van der Waals surface area contributed by atoms with Crippen LogP contribution in [0.3, 0.4) is 0 Å². The highest BCUT2D eigenvalue weighted by Gasteiger charge is 2.10. The smallest absolute Gasteiger partial charge is 0.142 e. The summed E-state index contributed by atoms with van der Waals surface area (Å²) in [6.45, 7) is 5.15. The number of nitrogens with zero attached hydrogens (tertiary/aromatic N) is 2. The van der Waals surface area contributed by atoms with Crippen molar-refractivity contribution in [2.45, 2.75) is 20.4 Å². The van der Waals surface area contributed by atoms with Gasteiger partial charge in [0.25, 0.3) is 0 Å². The van der Waals surface area contributed by atoms with Gasteiger partial charge in [0.15, 0.2) is 0 Å². The van der Waals surface area contributed by atoms with Crippen molar-refractivity contribution in [2.75, 3.05) is 11.9 Å². The van der Waals surface area contributed by atoms with Crippen LogP contribution in [0.5, 0.6) is 5.75 Å². The van der Waals surface area contributed by atoms with Gasteiger partial charge in [-0.3, -0.25) is 0 Å². The highest BCUT2D eigenvalue weighted by Crippen LogP contribution is 2.29. The van der Waals surface area contributed by atoms with Gasteiger partial charge in [-0.2, -0.15) is 5.26 Å². The van der Waals surface area contributed by atoms with E-state index in [1.165, 1.54) is 0 Å². The lowest BCUT2D eigenvalue weighted by Gasteiger charge is -2.13. The van der Waals surface area contributed by atoms with Gasteiger partial charge in [0, 0.05) is 24.3 Å². The molecule has 110 valence electrons. The van der Waals surface area contributed by atoms with Crippen molar-refractivity contribution in [3.05, 3.63) is 46.2 Å². The number of rotatable bonds is 5. The van der Waals surface area contributed by atoms with Crippen LogP contribution < -0.4 is 10.1 Å². The Bertz CT molecular complexity index is 686. The number of hydrogen-bond donors (Lipinski definition) is 1. The minimum atomic E-state index is 0.596. The number of benzene rings is 1. The number of halogens is 1. The predicted molar refractivity (Wildman–Crippen MR) is 84.8 cm³/mol. The first kappa shape index (κ1) is 15.3. The van der Waals surface area contributed by atoms with Crippen molar-refractivity contribution >= 4 is 17.3 Å². The summed E-state index contributed by atoms with van der Waals surface area (Å²) in [4.78, 5) is 0. The maximum atomic E-state index is 9.06. The van der Waals surface area contributed by atoms with E-state index in [0.717, 1.165) is 22.7 Å². The standard InChI is InChI=1S/C16H18ClN3O/c1-4-21-16-6-5-13(17)8-15(16)19-10-12-7-14(9-18)20(3)11(12)2/h5-8,19H,4,10H2,1-3H3. The lowest BCUT2D eigenvalue weighted by atomic mass is 10.2. The van der Waals surface area contributed by atoms with Crippen LogP contribution in [0.1, 0.15) is 23.9 Å². The van der Waals surface area contributed by atoms with Crippen LogP contribution in [0.2, 0.25) is 5.02 Å². The van der Waals surface area contributed by atoms with Crippen molar-refractivity contribution in [1.82, 2.24) is 4.57 Å². The highest BCUT2D eigenvalue weighted by molar-refractivity contribution is 6.30. The molecular formula is C16H18ClN3O. The van der Waals surface area contributed by atoms with Crippen LogP contribution in [-0.2, 0) is 13.6 Å². The van der Waals surface area contributed by atoms with Crippen molar-refractivity contribution in [2.24, 2.45) is 7.05 Å². The van der Waals surface area contributed by atoms with Crippen LogP contribution in [-0.4, -0.2) is 11.2 Å². The predicted octanol–water partition coefficient (Wildman–Crippen LogP) is 3.87. The Morgan fingerprint density at radius 2 is 2.14 bits per heavy atom. The van der Waals surface area contributed by atoms with E-state index in [1.807, 2.05) is 43.7 Å². The molecule has 4 nitrogen and oxygen atoms in total. The van der Waals surface area contributed by atoms with Gasteiger partial charge in [-0.25, -0.2) is 0 Å². The summed E-state index contributed by atoms with van der Waals surface area (Å²) in [7, 11) is 1.89. The maximum Gasteiger partial charge on any atom is 0.142 e. The monoisotopic (exact) mass is 303 g/mol. The van der Waals surface area contributed by atoms with Gasteiger partial charge in [-0.15, -0.1) is 0 Å². The van der Waals surface area contributed by atoms with Crippen molar-refractivity contribution in [3.63, 3.8) is 0 Å². The molecule has 1 N–H and O–H groups in total. The van der Waals surface area contributed by atoms with E-state index in [0.29, 0.717) is 23.9 Å². The van der Waals surface area contributed by atoms with E-state index in [-0.39, 0.29) is 0 Å². The molecule has 0 saturated heterocycles. The molecule has 0 aliphatic rings. The fourth-order valence-electron chi connectivity index (χ4n) is 2.16. The first-order valence-electron chi connectivity index (χ1n) is 6.78. The van der Waals surface area contributed by atoms with E-state index < -0.39 is 0 Å². The Morgan fingerprint density at radius 1 is 1.38 bits per heavy atom. The van der Waals surface area contributed by atoms with E-state index in [4.69, 9.17) is 21.6 Å². The normalized spacial score (nSPS) is 10.2. The molecule has 0 fully saturated rings. The first-order chi connectivity index (χ1) is 10.1. The molecule has 0 bridgehead atoms. The van der Waals surface area contributed by atoms with Gasteiger partial charge in [-0.1, -0.05) is 11.6 Å². The van der Waals surface area contributed by atoms with Crippen LogP contribution in [0.15, 0.2) is 24.3 Å². The third-order valence-electron chi connectivity index (χ3n) is 3.47. The molecule has 2 rings (SSSR count). The van der Waals surface area contributed by atoms with E-state index in [9.17, 15) is 0 Å². The Balaban J connectivity index is 2.20. The SMILES string of the molecule is CCOc1ccc(Cl)cc1NCc1cc(C#N)n(C)c1C. The molecule has 1 heterocycles. The number of hydrogen-bond acceptors (Lipinski definition) is 3. The lowest BCUT2D eigenvalue weighted by Crippen LogP contribution is -2.04. The molecule has 0 unspecified atom stereocenters. The van der Waals surface area contributed by atoms with Gasteiger partial charge in [-0.05, 0) is 43.7 Å². The average molecular weight is 304 g/mol. The van der Waals surface area contributed by atoms with Crippen molar-refractivity contribution < 1.29 is 4.74 Å². The number of nitriles is 1. The minimum absolute atomic E-state index is 0.596. The van der Waals surface area contributed by atoms with Crippen LogP contribution in [0, 0.1) is 18.3 Å². The van der Waals surface area contributed by atoms with E-state index in [1.54, 1.807) is 6.07 Å². The Hall–Kier alpha value is -2.12. The summed E-state index contributed by atoms with van der Waals surface area (Å²) in [5.74, 6) is 0.774. The van der Waals surface area contributed by atoms with Gasteiger partial charge >= 0.3 is 0 Å². The maximum absolute atomic E-state index is 9.06. The second-order valence-corrected chi connectivity index (χ2v) is 5.17. The van der Waals surface area contributed by atoms with Crippen molar-refractivity contribution in [1.29, 1.82) is 5.26 Å². The molecule has 0 aliphatic carbocycles. The molecule has 2 aromatic rings. The molecule has 0 atom stereocenters. The summed E-state index contributed by atoms with van der Waals surface area (Å²) >= 11 is 6.04. The number of nitrogens with one attached hydrogen (secondary N) is 1. The van der Waals surface area contributed by atoms with Gasteiger partial charge in [0.1, 0.15) is 17.5 Å².